The van der Waals surface area contributed by atoms with Crippen LogP contribution in [0.1, 0.15) is 47.2 Å². The van der Waals surface area contributed by atoms with Crippen LogP contribution in [0, 0.1) is 13.8 Å². The van der Waals surface area contributed by atoms with Crippen molar-refractivity contribution in [2.45, 2.75) is 33.3 Å². The Hall–Kier alpha value is -3.33. The minimum Gasteiger partial charge on any atom is -0.455 e. The van der Waals surface area contributed by atoms with E-state index in [1.165, 1.54) is 0 Å². The summed E-state index contributed by atoms with van der Waals surface area (Å²) < 4.78 is 12.6. The lowest BCUT2D eigenvalue weighted by Crippen LogP contribution is -2.34. The third-order valence-electron chi connectivity index (χ3n) is 5.67. The first kappa shape index (κ1) is 19.0. The summed E-state index contributed by atoms with van der Waals surface area (Å²) in [6.45, 7) is 11.8. The number of rotatable bonds is 3. The van der Waals surface area contributed by atoms with Crippen molar-refractivity contribution < 1.29 is 14.3 Å². The summed E-state index contributed by atoms with van der Waals surface area (Å²) in [5.74, 6) is 1.12. The zero-order valence-electron chi connectivity index (χ0n) is 17.2. The summed E-state index contributed by atoms with van der Waals surface area (Å²) in [5, 5.41) is 0. The van der Waals surface area contributed by atoms with Gasteiger partial charge in [-0.25, -0.2) is 4.79 Å². The number of benzene rings is 2. The van der Waals surface area contributed by atoms with Gasteiger partial charge >= 0.3 is 5.97 Å². The van der Waals surface area contributed by atoms with Crippen LogP contribution in [0.4, 0.5) is 0 Å². The number of fused-ring (bicyclic) bond motifs is 4. The molecule has 0 N–H and O–H groups in total. The Morgan fingerprint density at radius 2 is 1.52 bits per heavy atom. The number of ether oxygens (including phenoxy) is 2. The molecule has 0 saturated heterocycles. The Morgan fingerprint density at radius 3 is 2.00 bits per heavy atom. The van der Waals surface area contributed by atoms with Crippen molar-refractivity contribution in [2.75, 3.05) is 0 Å². The van der Waals surface area contributed by atoms with Crippen LogP contribution in [0.5, 0.6) is 11.5 Å². The van der Waals surface area contributed by atoms with E-state index in [9.17, 15) is 4.79 Å². The molecule has 4 rings (SSSR count). The van der Waals surface area contributed by atoms with Crippen molar-refractivity contribution >= 4 is 18.1 Å². The molecular weight excluding hydrogens is 360 g/mol. The van der Waals surface area contributed by atoms with Crippen molar-refractivity contribution in [3.05, 3.63) is 94.1 Å². The highest BCUT2D eigenvalue weighted by atomic mass is 16.6. The minimum absolute atomic E-state index is 0.335. The second kappa shape index (κ2) is 6.93. The SMILES string of the molecule is C=C/C=C\c1c(C)ccc2c1Oc1c(ccc(C)c1/C=C\C)C21OC(=O)C=C1C. The van der Waals surface area contributed by atoms with E-state index >= 15 is 0 Å². The lowest BCUT2D eigenvalue weighted by atomic mass is 9.76. The number of esters is 1. The van der Waals surface area contributed by atoms with Gasteiger partial charge in [0.05, 0.1) is 0 Å². The number of carbonyl (C=O) groups excluding carboxylic acids is 1. The molecule has 1 atom stereocenters. The van der Waals surface area contributed by atoms with Gasteiger partial charge in [-0.2, -0.15) is 0 Å². The predicted molar refractivity (Wildman–Crippen MR) is 117 cm³/mol. The molecular formula is C26H24O3. The first-order valence-corrected chi connectivity index (χ1v) is 9.73. The normalized spacial score (nSPS) is 19.9. The number of aryl methyl sites for hydroxylation is 2. The maximum Gasteiger partial charge on any atom is 0.332 e. The molecule has 2 aliphatic heterocycles. The van der Waals surface area contributed by atoms with E-state index in [-0.39, 0.29) is 5.97 Å². The molecule has 2 heterocycles. The van der Waals surface area contributed by atoms with Crippen LogP contribution in [-0.2, 0) is 15.1 Å². The van der Waals surface area contributed by atoms with E-state index in [0.717, 1.165) is 50.5 Å². The maximum absolute atomic E-state index is 12.4. The van der Waals surface area contributed by atoms with Gasteiger partial charge in [-0.1, -0.05) is 61.2 Å². The highest BCUT2D eigenvalue weighted by Gasteiger charge is 2.51. The van der Waals surface area contributed by atoms with E-state index in [0.29, 0.717) is 0 Å². The van der Waals surface area contributed by atoms with Gasteiger partial charge < -0.3 is 9.47 Å². The summed E-state index contributed by atoms with van der Waals surface area (Å²) in [7, 11) is 0. The summed E-state index contributed by atoms with van der Waals surface area (Å²) in [6.07, 6.45) is 11.2. The van der Waals surface area contributed by atoms with Crippen LogP contribution >= 0.6 is 0 Å². The molecule has 0 aromatic heterocycles. The number of allylic oxidation sites excluding steroid dienone is 3. The van der Waals surface area contributed by atoms with Crippen molar-refractivity contribution in [2.24, 2.45) is 0 Å². The molecule has 2 aliphatic rings. The van der Waals surface area contributed by atoms with Gasteiger partial charge in [0.25, 0.3) is 0 Å². The van der Waals surface area contributed by atoms with Crippen LogP contribution < -0.4 is 4.74 Å². The van der Waals surface area contributed by atoms with Crippen molar-refractivity contribution in [3.63, 3.8) is 0 Å². The van der Waals surface area contributed by atoms with Gasteiger partial charge in [0, 0.05) is 28.3 Å². The van der Waals surface area contributed by atoms with Crippen LogP contribution in [0.15, 0.2) is 60.7 Å². The highest BCUT2D eigenvalue weighted by molar-refractivity contribution is 5.90. The van der Waals surface area contributed by atoms with E-state index in [1.807, 2.05) is 63.3 Å². The van der Waals surface area contributed by atoms with Crippen LogP contribution in [0.25, 0.3) is 12.2 Å². The molecule has 1 spiro atoms. The Bertz CT molecular complexity index is 1130. The lowest BCUT2D eigenvalue weighted by molar-refractivity contribution is -0.144. The quantitative estimate of drug-likeness (QED) is 0.454. The minimum atomic E-state index is -0.978. The fourth-order valence-corrected chi connectivity index (χ4v) is 4.24. The predicted octanol–water partition coefficient (Wildman–Crippen LogP) is 6.39. The first-order valence-electron chi connectivity index (χ1n) is 9.73. The Labute approximate surface area is 171 Å². The van der Waals surface area contributed by atoms with Crippen molar-refractivity contribution in [1.82, 2.24) is 0 Å². The fraction of sp³-hybridized carbons (Fsp3) is 0.192. The van der Waals surface area contributed by atoms with E-state index in [4.69, 9.17) is 9.47 Å². The average molecular weight is 384 g/mol. The van der Waals surface area contributed by atoms with Gasteiger partial charge in [0.1, 0.15) is 11.5 Å². The molecule has 0 fully saturated rings. The maximum atomic E-state index is 12.4. The van der Waals surface area contributed by atoms with Crippen molar-refractivity contribution in [1.29, 1.82) is 0 Å². The summed E-state index contributed by atoms with van der Waals surface area (Å²) in [4.78, 5) is 12.4. The second-order valence-corrected chi connectivity index (χ2v) is 7.47. The molecule has 0 bridgehead atoms. The third-order valence-corrected chi connectivity index (χ3v) is 5.67. The smallest absolute Gasteiger partial charge is 0.332 e. The molecule has 0 aliphatic carbocycles. The fourth-order valence-electron chi connectivity index (χ4n) is 4.24. The average Bonchev–Trinajstić information content (AvgIpc) is 2.98. The topological polar surface area (TPSA) is 35.5 Å². The summed E-state index contributed by atoms with van der Waals surface area (Å²) >= 11 is 0. The molecule has 146 valence electrons. The van der Waals surface area contributed by atoms with Crippen LogP contribution in [0.3, 0.4) is 0 Å². The Morgan fingerprint density at radius 1 is 0.931 bits per heavy atom. The molecule has 29 heavy (non-hydrogen) atoms. The van der Waals surface area contributed by atoms with Crippen molar-refractivity contribution in [3.8, 4) is 11.5 Å². The summed E-state index contributed by atoms with van der Waals surface area (Å²) in [6, 6.07) is 8.11. The zero-order chi connectivity index (χ0) is 20.8. The second-order valence-electron chi connectivity index (χ2n) is 7.47. The Kier molecular flexibility index (Phi) is 4.54. The monoisotopic (exact) mass is 384 g/mol. The first-order chi connectivity index (χ1) is 13.9. The molecule has 3 heteroatoms. The largest absolute Gasteiger partial charge is 0.455 e. The standard InChI is InChI=1S/C26H24O3/c1-6-8-10-20-17(4)12-14-22-25(20)28-24-19(9-7-2)16(3)11-13-21(24)26(22)18(5)15-23(27)29-26/h6-15H,1H2,2-5H3/b9-7-,10-8-. The van der Waals surface area contributed by atoms with Gasteiger partial charge in [0.15, 0.2) is 5.60 Å². The van der Waals surface area contributed by atoms with Crippen LogP contribution in [-0.4, -0.2) is 5.97 Å². The van der Waals surface area contributed by atoms with E-state index in [1.54, 1.807) is 12.2 Å². The number of hydrogen-bond donors (Lipinski definition) is 0. The number of carbonyl (C=O) groups is 1. The molecule has 2 aromatic rings. The van der Waals surface area contributed by atoms with E-state index in [2.05, 4.69) is 19.6 Å². The van der Waals surface area contributed by atoms with Gasteiger partial charge in [-0.05, 0) is 44.4 Å². The van der Waals surface area contributed by atoms with Crippen LogP contribution in [0.2, 0.25) is 0 Å². The highest BCUT2D eigenvalue weighted by Crippen LogP contribution is 2.57. The molecule has 1 unspecified atom stereocenters. The van der Waals surface area contributed by atoms with E-state index < -0.39 is 5.60 Å². The zero-order valence-corrected chi connectivity index (χ0v) is 17.2. The van der Waals surface area contributed by atoms with Gasteiger partial charge in [-0.15, -0.1) is 0 Å². The summed E-state index contributed by atoms with van der Waals surface area (Å²) in [5.41, 5.74) is 5.69. The lowest BCUT2D eigenvalue weighted by Gasteiger charge is -2.39. The molecule has 0 saturated carbocycles. The Balaban J connectivity index is 2.12. The van der Waals surface area contributed by atoms with Gasteiger partial charge in [0.2, 0.25) is 0 Å². The molecule has 3 nitrogen and oxygen atoms in total. The number of hydrogen-bond acceptors (Lipinski definition) is 3. The van der Waals surface area contributed by atoms with Gasteiger partial charge in [-0.3, -0.25) is 0 Å². The third kappa shape index (κ3) is 2.69. The molecule has 2 aromatic carbocycles. The molecule has 0 radical (unpaired) electrons. The molecule has 0 amide bonds.